The Bertz CT molecular complexity index is 522. The third-order valence-electron chi connectivity index (χ3n) is 4.56. The first kappa shape index (κ1) is 14.8. The number of carbonyl (C=O) groups is 1. The van der Waals surface area contributed by atoms with Crippen molar-refractivity contribution >= 4 is 27.7 Å². The number of pyridine rings is 1. The molecule has 0 bridgehead atoms. The molecule has 0 atom stereocenters. The van der Waals surface area contributed by atoms with Gasteiger partial charge in [0.15, 0.2) is 0 Å². The molecule has 2 N–H and O–H groups in total. The lowest BCUT2D eigenvalue weighted by molar-refractivity contribution is 0.0574. The zero-order chi connectivity index (χ0) is 14.8. The van der Waals surface area contributed by atoms with Crippen molar-refractivity contribution in [3.05, 3.63) is 22.3 Å². The van der Waals surface area contributed by atoms with Gasteiger partial charge in [-0.25, -0.2) is 4.98 Å². The van der Waals surface area contributed by atoms with E-state index in [1.54, 1.807) is 12.3 Å². The van der Waals surface area contributed by atoms with Crippen LogP contribution in [0.3, 0.4) is 0 Å². The predicted molar refractivity (Wildman–Crippen MR) is 86.1 cm³/mol. The predicted octanol–water partition coefficient (Wildman–Crippen LogP) is 2.13. The van der Waals surface area contributed by atoms with Gasteiger partial charge in [0, 0.05) is 42.9 Å². The summed E-state index contributed by atoms with van der Waals surface area (Å²) in [5, 5.41) is 0. The van der Waals surface area contributed by atoms with Crippen LogP contribution in [0, 0.1) is 0 Å². The van der Waals surface area contributed by atoms with E-state index >= 15 is 0 Å². The monoisotopic (exact) mass is 352 g/mol. The number of anilines is 1. The van der Waals surface area contributed by atoms with Crippen LogP contribution >= 0.6 is 15.9 Å². The molecule has 1 saturated carbocycles. The highest BCUT2D eigenvalue weighted by Crippen LogP contribution is 2.25. The summed E-state index contributed by atoms with van der Waals surface area (Å²) in [6, 6.07) is 2.49. The van der Waals surface area contributed by atoms with Gasteiger partial charge >= 0.3 is 0 Å². The topological polar surface area (TPSA) is 62.5 Å². The van der Waals surface area contributed by atoms with Gasteiger partial charge < -0.3 is 10.6 Å². The average molecular weight is 353 g/mol. The first-order chi connectivity index (χ1) is 10.1. The fraction of sp³-hybridized carbons (Fsp3) is 0.600. The molecule has 6 heteroatoms. The minimum atomic E-state index is -0.00706. The Morgan fingerprint density at radius 1 is 1.24 bits per heavy atom. The third-order valence-corrected chi connectivity index (χ3v) is 4.99. The summed E-state index contributed by atoms with van der Waals surface area (Å²) >= 11 is 3.35. The summed E-state index contributed by atoms with van der Waals surface area (Å²) < 4.78 is 0.782. The maximum atomic E-state index is 12.6. The SMILES string of the molecule is Nc1ncc(Br)cc1C(=O)N1CCN(C2CCCC2)CC1. The summed E-state index contributed by atoms with van der Waals surface area (Å²) in [4.78, 5) is 21.0. The molecule has 0 unspecified atom stereocenters. The average Bonchev–Trinajstić information content (AvgIpc) is 3.03. The fourth-order valence-electron chi connectivity index (χ4n) is 3.35. The molecular weight excluding hydrogens is 332 g/mol. The van der Waals surface area contributed by atoms with E-state index in [9.17, 15) is 4.79 Å². The number of nitrogen functional groups attached to an aromatic ring is 1. The molecule has 1 aromatic heterocycles. The van der Waals surface area contributed by atoms with Gasteiger partial charge in [-0.1, -0.05) is 12.8 Å². The Hall–Kier alpha value is -1.14. The van der Waals surface area contributed by atoms with Crippen LogP contribution in [-0.2, 0) is 0 Å². The van der Waals surface area contributed by atoms with Crippen LogP contribution in [0.15, 0.2) is 16.7 Å². The highest BCUT2D eigenvalue weighted by Gasteiger charge is 2.28. The number of rotatable bonds is 2. The van der Waals surface area contributed by atoms with Crippen LogP contribution in [-0.4, -0.2) is 52.9 Å². The number of halogens is 1. The number of nitrogens with two attached hydrogens (primary N) is 1. The number of carbonyl (C=O) groups excluding carboxylic acids is 1. The van der Waals surface area contributed by atoms with E-state index in [1.165, 1.54) is 25.7 Å². The van der Waals surface area contributed by atoms with Crippen molar-refractivity contribution in [1.82, 2.24) is 14.8 Å². The molecule has 2 fully saturated rings. The van der Waals surface area contributed by atoms with Crippen LogP contribution in [0.25, 0.3) is 0 Å². The van der Waals surface area contributed by atoms with Crippen molar-refractivity contribution in [1.29, 1.82) is 0 Å². The zero-order valence-corrected chi connectivity index (χ0v) is 13.7. The van der Waals surface area contributed by atoms with Crippen LogP contribution < -0.4 is 5.73 Å². The maximum absolute atomic E-state index is 12.6. The van der Waals surface area contributed by atoms with Crippen molar-refractivity contribution in [3.8, 4) is 0 Å². The zero-order valence-electron chi connectivity index (χ0n) is 12.1. The van der Waals surface area contributed by atoms with Crippen molar-refractivity contribution in [2.45, 2.75) is 31.7 Å². The molecule has 0 aromatic carbocycles. The van der Waals surface area contributed by atoms with Gasteiger partial charge in [0.2, 0.25) is 0 Å². The lowest BCUT2D eigenvalue weighted by Gasteiger charge is -2.38. The number of hydrogen-bond acceptors (Lipinski definition) is 4. The molecule has 0 radical (unpaired) electrons. The molecule has 2 aliphatic rings. The largest absolute Gasteiger partial charge is 0.383 e. The third kappa shape index (κ3) is 3.21. The van der Waals surface area contributed by atoms with Crippen LogP contribution in [0.1, 0.15) is 36.0 Å². The minimum absolute atomic E-state index is 0.00706. The highest BCUT2D eigenvalue weighted by molar-refractivity contribution is 9.10. The van der Waals surface area contributed by atoms with E-state index in [-0.39, 0.29) is 5.91 Å². The first-order valence-corrected chi connectivity index (χ1v) is 8.39. The second kappa shape index (κ2) is 6.32. The molecule has 21 heavy (non-hydrogen) atoms. The summed E-state index contributed by atoms with van der Waals surface area (Å²) in [7, 11) is 0. The maximum Gasteiger partial charge on any atom is 0.257 e. The highest BCUT2D eigenvalue weighted by atomic mass is 79.9. The second-order valence-corrected chi connectivity index (χ2v) is 6.77. The lowest BCUT2D eigenvalue weighted by atomic mass is 10.1. The standard InChI is InChI=1S/C15H21BrN4O/c16-11-9-13(14(17)18-10-11)15(21)20-7-5-19(6-8-20)12-3-1-2-4-12/h9-10,12H,1-8H2,(H2,17,18). The second-order valence-electron chi connectivity index (χ2n) is 5.85. The van der Waals surface area contributed by atoms with E-state index in [0.717, 1.165) is 36.7 Å². The van der Waals surface area contributed by atoms with Gasteiger partial charge in [-0.05, 0) is 34.8 Å². The van der Waals surface area contributed by atoms with Crippen LogP contribution in [0.5, 0.6) is 0 Å². The molecule has 1 saturated heterocycles. The summed E-state index contributed by atoms with van der Waals surface area (Å²) in [6.07, 6.45) is 6.95. The molecule has 1 aliphatic heterocycles. The van der Waals surface area contributed by atoms with Crippen molar-refractivity contribution in [2.75, 3.05) is 31.9 Å². The number of piperazine rings is 1. The van der Waals surface area contributed by atoms with Gasteiger partial charge in [0.25, 0.3) is 5.91 Å². The molecule has 1 amide bonds. The van der Waals surface area contributed by atoms with Crippen molar-refractivity contribution in [3.63, 3.8) is 0 Å². The van der Waals surface area contributed by atoms with E-state index in [2.05, 4.69) is 25.8 Å². The van der Waals surface area contributed by atoms with Crippen molar-refractivity contribution < 1.29 is 4.79 Å². The van der Waals surface area contributed by atoms with Gasteiger partial charge in [0.1, 0.15) is 5.82 Å². The van der Waals surface area contributed by atoms with E-state index < -0.39 is 0 Å². The Labute approximate surface area is 133 Å². The molecule has 2 heterocycles. The Morgan fingerprint density at radius 2 is 1.90 bits per heavy atom. The Kier molecular flexibility index (Phi) is 4.45. The summed E-state index contributed by atoms with van der Waals surface area (Å²) in [6.45, 7) is 3.50. The molecule has 114 valence electrons. The van der Waals surface area contributed by atoms with Crippen molar-refractivity contribution in [2.24, 2.45) is 0 Å². The minimum Gasteiger partial charge on any atom is -0.383 e. The van der Waals surface area contributed by atoms with Gasteiger partial charge in [-0.2, -0.15) is 0 Å². The summed E-state index contributed by atoms with van der Waals surface area (Å²) in [5.41, 5.74) is 6.33. The molecule has 3 rings (SSSR count). The van der Waals surface area contributed by atoms with Gasteiger partial charge in [-0.3, -0.25) is 9.69 Å². The van der Waals surface area contributed by atoms with Crippen LogP contribution in [0.2, 0.25) is 0 Å². The number of hydrogen-bond donors (Lipinski definition) is 1. The smallest absolute Gasteiger partial charge is 0.257 e. The number of aromatic nitrogens is 1. The molecule has 0 spiro atoms. The molecule has 1 aromatic rings. The summed E-state index contributed by atoms with van der Waals surface area (Å²) in [5.74, 6) is 0.300. The first-order valence-electron chi connectivity index (χ1n) is 7.59. The van der Waals surface area contributed by atoms with Gasteiger partial charge in [-0.15, -0.1) is 0 Å². The van der Waals surface area contributed by atoms with E-state index in [4.69, 9.17) is 5.73 Å². The normalized spacial score (nSPS) is 20.9. The Balaban J connectivity index is 1.63. The Morgan fingerprint density at radius 3 is 2.57 bits per heavy atom. The van der Waals surface area contributed by atoms with E-state index in [0.29, 0.717) is 11.4 Å². The number of amides is 1. The fourth-order valence-corrected chi connectivity index (χ4v) is 3.68. The quantitative estimate of drug-likeness (QED) is 0.885. The van der Waals surface area contributed by atoms with Crippen LogP contribution in [0.4, 0.5) is 5.82 Å². The van der Waals surface area contributed by atoms with Gasteiger partial charge in [0.05, 0.1) is 5.56 Å². The molecular formula is C15H21BrN4O. The number of nitrogens with zero attached hydrogens (tertiary/aromatic N) is 3. The lowest BCUT2D eigenvalue weighted by Crippen LogP contribution is -2.51. The molecule has 1 aliphatic carbocycles. The van der Waals surface area contributed by atoms with E-state index in [1.807, 2.05) is 4.90 Å². The molecule has 5 nitrogen and oxygen atoms in total.